The molecule has 0 radical (unpaired) electrons. The Hall–Kier alpha value is -1.52. The van der Waals surface area contributed by atoms with E-state index < -0.39 is 0 Å². The van der Waals surface area contributed by atoms with Gasteiger partial charge in [0.2, 0.25) is 5.95 Å². The Morgan fingerprint density at radius 2 is 2.00 bits per heavy atom. The summed E-state index contributed by atoms with van der Waals surface area (Å²) in [5, 5.41) is 3.39. The number of hydrogen-bond acceptors (Lipinski definition) is 5. The highest BCUT2D eigenvalue weighted by Gasteiger charge is 2.29. The fourth-order valence-electron chi connectivity index (χ4n) is 2.32. The number of nitrogens with two attached hydrogens (primary N) is 2. The number of nitrogens with zero attached hydrogens (tertiary/aromatic N) is 2. The molecule has 3 unspecified atom stereocenters. The zero-order valence-corrected chi connectivity index (χ0v) is 9.77. The Bertz CT molecular complexity index is 358. The molecule has 0 saturated heterocycles. The number of aromatic nitrogens is 2. The first-order valence-corrected chi connectivity index (χ1v) is 5.73. The highest BCUT2D eigenvalue weighted by Crippen LogP contribution is 2.33. The number of nitrogen functional groups attached to an aromatic ring is 2. The standard InChI is InChI=1S/C11H19N5/c1-6-3-4-8(7(6)2)14-10-5-9(12)15-11(13)16-10/h5-8H,3-4H2,1-2H3,(H5,12,13,14,15,16). The molecule has 0 aliphatic heterocycles. The lowest BCUT2D eigenvalue weighted by Gasteiger charge is -2.20. The van der Waals surface area contributed by atoms with Crippen molar-refractivity contribution in [3.63, 3.8) is 0 Å². The van der Waals surface area contributed by atoms with Crippen LogP contribution in [0.25, 0.3) is 0 Å². The Labute approximate surface area is 95.6 Å². The van der Waals surface area contributed by atoms with E-state index in [1.807, 2.05) is 0 Å². The van der Waals surface area contributed by atoms with Gasteiger partial charge in [0.15, 0.2) is 0 Å². The predicted octanol–water partition coefficient (Wildman–Crippen LogP) is 1.49. The monoisotopic (exact) mass is 221 g/mol. The van der Waals surface area contributed by atoms with Crippen LogP contribution in [0.5, 0.6) is 0 Å². The molecule has 1 aromatic rings. The molecule has 1 saturated carbocycles. The van der Waals surface area contributed by atoms with Gasteiger partial charge < -0.3 is 16.8 Å². The van der Waals surface area contributed by atoms with E-state index in [2.05, 4.69) is 29.1 Å². The van der Waals surface area contributed by atoms with Crippen molar-refractivity contribution in [2.24, 2.45) is 11.8 Å². The zero-order valence-electron chi connectivity index (χ0n) is 9.77. The molecule has 1 fully saturated rings. The molecule has 16 heavy (non-hydrogen) atoms. The van der Waals surface area contributed by atoms with Gasteiger partial charge in [-0.05, 0) is 24.7 Å². The minimum Gasteiger partial charge on any atom is -0.383 e. The summed E-state index contributed by atoms with van der Waals surface area (Å²) in [4.78, 5) is 7.98. The molecule has 5 nitrogen and oxygen atoms in total. The predicted molar refractivity (Wildman–Crippen MR) is 65.8 cm³/mol. The third-order valence-electron chi connectivity index (χ3n) is 3.56. The van der Waals surface area contributed by atoms with Crippen molar-refractivity contribution < 1.29 is 0 Å². The first-order chi connectivity index (χ1) is 7.56. The maximum absolute atomic E-state index is 5.62. The Balaban J connectivity index is 2.09. The van der Waals surface area contributed by atoms with Crippen LogP contribution in [0.3, 0.4) is 0 Å². The van der Waals surface area contributed by atoms with E-state index >= 15 is 0 Å². The van der Waals surface area contributed by atoms with Crippen LogP contribution < -0.4 is 16.8 Å². The SMILES string of the molecule is CC1CCC(Nc2cc(N)nc(N)n2)C1C. The van der Waals surface area contributed by atoms with Gasteiger partial charge in [0.1, 0.15) is 11.6 Å². The van der Waals surface area contributed by atoms with Crippen molar-refractivity contribution in [3.05, 3.63) is 6.07 Å². The third kappa shape index (κ3) is 2.18. The molecular formula is C11H19N5. The lowest BCUT2D eigenvalue weighted by atomic mass is 9.98. The summed E-state index contributed by atoms with van der Waals surface area (Å²) in [6.07, 6.45) is 2.43. The second-order valence-corrected chi connectivity index (χ2v) is 4.70. The smallest absolute Gasteiger partial charge is 0.223 e. The van der Waals surface area contributed by atoms with Gasteiger partial charge in [0.05, 0.1) is 0 Å². The van der Waals surface area contributed by atoms with Gasteiger partial charge in [-0.25, -0.2) is 0 Å². The van der Waals surface area contributed by atoms with Gasteiger partial charge in [-0.3, -0.25) is 0 Å². The first kappa shape index (κ1) is 11.0. The Morgan fingerprint density at radius 1 is 1.25 bits per heavy atom. The van der Waals surface area contributed by atoms with Crippen LogP contribution in [0.15, 0.2) is 6.07 Å². The topological polar surface area (TPSA) is 89.8 Å². The highest BCUT2D eigenvalue weighted by atomic mass is 15.1. The Morgan fingerprint density at radius 3 is 2.56 bits per heavy atom. The van der Waals surface area contributed by atoms with E-state index in [4.69, 9.17) is 11.5 Å². The van der Waals surface area contributed by atoms with Crippen molar-refractivity contribution in [2.75, 3.05) is 16.8 Å². The van der Waals surface area contributed by atoms with Gasteiger partial charge in [-0.2, -0.15) is 9.97 Å². The van der Waals surface area contributed by atoms with Crippen molar-refractivity contribution >= 4 is 17.6 Å². The van der Waals surface area contributed by atoms with Crippen LogP contribution in [0.1, 0.15) is 26.7 Å². The molecule has 2 rings (SSSR count). The van der Waals surface area contributed by atoms with Gasteiger partial charge >= 0.3 is 0 Å². The number of anilines is 3. The van der Waals surface area contributed by atoms with Crippen LogP contribution >= 0.6 is 0 Å². The molecule has 1 aliphatic rings. The summed E-state index contributed by atoms with van der Waals surface area (Å²) >= 11 is 0. The molecule has 1 aliphatic carbocycles. The summed E-state index contributed by atoms with van der Waals surface area (Å²) in [5.74, 6) is 2.78. The Kier molecular flexibility index (Phi) is 2.85. The molecule has 1 heterocycles. The van der Waals surface area contributed by atoms with Crippen molar-refractivity contribution in [1.82, 2.24) is 9.97 Å². The molecule has 5 heteroatoms. The molecule has 1 aromatic heterocycles. The minimum atomic E-state index is 0.223. The molecule has 3 atom stereocenters. The van der Waals surface area contributed by atoms with E-state index in [9.17, 15) is 0 Å². The second-order valence-electron chi connectivity index (χ2n) is 4.70. The second kappa shape index (κ2) is 4.15. The maximum Gasteiger partial charge on any atom is 0.223 e. The molecular weight excluding hydrogens is 202 g/mol. The van der Waals surface area contributed by atoms with Crippen LogP contribution in [-0.2, 0) is 0 Å². The van der Waals surface area contributed by atoms with E-state index in [0.717, 1.165) is 11.7 Å². The van der Waals surface area contributed by atoms with Crippen LogP contribution in [0, 0.1) is 11.8 Å². The normalized spacial score (nSPS) is 29.2. The molecule has 88 valence electrons. The van der Waals surface area contributed by atoms with Crippen LogP contribution in [-0.4, -0.2) is 16.0 Å². The van der Waals surface area contributed by atoms with E-state index in [-0.39, 0.29) is 5.95 Å². The highest BCUT2D eigenvalue weighted by molar-refractivity contribution is 5.49. The van der Waals surface area contributed by atoms with Gasteiger partial charge in [-0.1, -0.05) is 13.8 Å². The quantitative estimate of drug-likeness (QED) is 0.704. The molecule has 5 N–H and O–H groups in total. The first-order valence-electron chi connectivity index (χ1n) is 5.73. The van der Waals surface area contributed by atoms with Crippen molar-refractivity contribution in [1.29, 1.82) is 0 Å². The summed E-state index contributed by atoms with van der Waals surface area (Å²) in [6.45, 7) is 4.55. The fraction of sp³-hybridized carbons (Fsp3) is 0.636. The third-order valence-corrected chi connectivity index (χ3v) is 3.56. The lowest BCUT2D eigenvalue weighted by molar-refractivity contribution is 0.435. The average Bonchev–Trinajstić information content (AvgIpc) is 2.48. The summed E-state index contributed by atoms with van der Waals surface area (Å²) in [7, 11) is 0. The molecule has 0 spiro atoms. The van der Waals surface area contributed by atoms with Gasteiger partial charge in [0, 0.05) is 12.1 Å². The molecule has 0 bridgehead atoms. The number of rotatable bonds is 2. The minimum absolute atomic E-state index is 0.223. The van der Waals surface area contributed by atoms with Crippen molar-refractivity contribution in [2.45, 2.75) is 32.7 Å². The summed E-state index contributed by atoms with van der Waals surface area (Å²) in [5.41, 5.74) is 11.2. The van der Waals surface area contributed by atoms with E-state index in [1.165, 1.54) is 12.8 Å². The van der Waals surface area contributed by atoms with Crippen LogP contribution in [0.2, 0.25) is 0 Å². The van der Waals surface area contributed by atoms with E-state index in [0.29, 0.717) is 17.8 Å². The summed E-state index contributed by atoms with van der Waals surface area (Å²) < 4.78 is 0. The van der Waals surface area contributed by atoms with Gasteiger partial charge in [0.25, 0.3) is 0 Å². The van der Waals surface area contributed by atoms with Gasteiger partial charge in [-0.15, -0.1) is 0 Å². The summed E-state index contributed by atoms with van der Waals surface area (Å²) in [6, 6.07) is 2.19. The maximum atomic E-state index is 5.62. The zero-order chi connectivity index (χ0) is 11.7. The number of nitrogens with one attached hydrogen (secondary N) is 1. The number of hydrogen-bond donors (Lipinski definition) is 3. The van der Waals surface area contributed by atoms with E-state index in [1.54, 1.807) is 6.07 Å². The van der Waals surface area contributed by atoms with Crippen molar-refractivity contribution in [3.8, 4) is 0 Å². The molecule has 0 aromatic carbocycles. The largest absolute Gasteiger partial charge is 0.383 e. The fourth-order valence-corrected chi connectivity index (χ4v) is 2.32. The molecule has 0 amide bonds. The average molecular weight is 221 g/mol. The lowest BCUT2D eigenvalue weighted by Crippen LogP contribution is -2.24. The van der Waals surface area contributed by atoms with Crippen LogP contribution in [0.4, 0.5) is 17.6 Å².